The number of hydrogen-bond acceptors (Lipinski definition) is 6. The van der Waals surface area contributed by atoms with Crippen LogP contribution in [-0.4, -0.2) is 25.1 Å². The number of amides is 1. The first-order chi connectivity index (χ1) is 12.7. The minimum atomic E-state index is -0.339. The van der Waals surface area contributed by atoms with Crippen molar-refractivity contribution in [3.63, 3.8) is 0 Å². The molecule has 7 nitrogen and oxygen atoms in total. The number of nitrogens with one attached hydrogen (secondary N) is 2. The molecule has 3 rings (SSSR count). The fourth-order valence-corrected chi connectivity index (χ4v) is 2.33. The first kappa shape index (κ1) is 17.3. The molecule has 7 heteroatoms. The monoisotopic (exact) mass is 353 g/mol. The molecule has 3 aromatic rings. The molecule has 26 heavy (non-hydrogen) atoms. The number of carbonyl (C=O) groups is 1. The topological polar surface area (TPSA) is 85.6 Å². The Balaban J connectivity index is 1.66. The number of ether oxygens (including phenoxy) is 2. The summed E-state index contributed by atoms with van der Waals surface area (Å²) in [6, 6.07) is 12.3. The lowest BCUT2D eigenvalue weighted by Crippen LogP contribution is -2.14. The molecular formula is C19H19N3O4. The first-order valence-corrected chi connectivity index (χ1v) is 7.95. The van der Waals surface area contributed by atoms with Gasteiger partial charge in [0.05, 0.1) is 44.6 Å². The normalized spacial score (nSPS) is 10.2. The summed E-state index contributed by atoms with van der Waals surface area (Å²) in [6.07, 6.45) is 3.22. The lowest BCUT2D eigenvalue weighted by Gasteiger charge is -2.11. The van der Waals surface area contributed by atoms with E-state index in [0.29, 0.717) is 29.4 Å². The molecule has 2 N–H and O–H groups in total. The van der Waals surface area contributed by atoms with Crippen LogP contribution in [0.1, 0.15) is 16.2 Å². The molecule has 0 atom stereocenters. The Labute approximate surface area is 151 Å². The van der Waals surface area contributed by atoms with Crippen LogP contribution in [0.15, 0.2) is 59.3 Å². The van der Waals surface area contributed by atoms with Crippen molar-refractivity contribution < 1.29 is 18.7 Å². The van der Waals surface area contributed by atoms with E-state index in [0.717, 1.165) is 11.4 Å². The highest BCUT2D eigenvalue weighted by Gasteiger charge is 2.12. The highest BCUT2D eigenvalue weighted by molar-refractivity contribution is 6.03. The van der Waals surface area contributed by atoms with Gasteiger partial charge in [0.15, 0.2) is 0 Å². The second kappa shape index (κ2) is 8.06. The molecule has 0 bridgehead atoms. The number of furan rings is 1. The van der Waals surface area contributed by atoms with E-state index in [2.05, 4.69) is 15.6 Å². The van der Waals surface area contributed by atoms with Crippen LogP contribution < -0.4 is 20.1 Å². The van der Waals surface area contributed by atoms with Gasteiger partial charge < -0.3 is 24.5 Å². The largest absolute Gasteiger partial charge is 0.497 e. The van der Waals surface area contributed by atoms with E-state index in [4.69, 9.17) is 13.9 Å². The van der Waals surface area contributed by atoms with E-state index >= 15 is 0 Å². The van der Waals surface area contributed by atoms with Crippen LogP contribution in [0.5, 0.6) is 11.5 Å². The predicted octanol–water partition coefficient (Wildman–Crippen LogP) is 3.56. The summed E-state index contributed by atoms with van der Waals surface area (Å²) in [7, 11) is 3.10. The highest BCUT2D eigenvalue weighted by Crippen LogP contribution is 2.29. The third-order valence-corrected chi connectivity index (χ3v) is 3.70. The van der Waals surface area contributed by atoms with Gasteiger partial charge in [-0.1, -0.05) is 0 Å². The quantitative estimate of drug-likeness (QED) is 0.675. The van der Waals surface area contributed by atoms with Crippen LogP contribution in [0, 0.1) is 0 Å². The van der Waals surface area contributed by atoms with Crippen molar-refractivity contribution in [1.82, 2.24) is 4.98 Å². The molecule has 0 unspecified atom stereocenters. The Kier molecular flexibility index (Phi) is 5.38. The molecule has 0 aliphatic rings. The molecule has 0 spiro atoms. The zero-order valence-corrected chi connectivity index (χ0v) is 14.5. The van der Waals surface area contributed by atoms with Crippen molar-refractivity contribution in [2.24, 2.45) is 0 Å². The third kappa shape index (κ3) is 4.13. The van der Waals surface area contributed by atoms with Gasteiger partial charge in [0.25, 0.3) is 5.91 Å². The first-order valence-electron chi connectivity index (χ1n) is 7.95. The number of anilines is 2. The average molecular weight is 353 g/mol. The molecule has 1 aromatic carbocycles. The lowest BCUT2D eigenvalue weighted by molar-refractivity contribution is 0.102. The number of hydrogen-bond donors (Lipinski definition) is 2. The minimum Gasteiger partial charge on any atom is -0.497 e. The smallest absolute Gasteiger partial charge is 0.274 e. The number of nitrogens with zero attached hydrogens (tertiary/aromatic N) is 1. The van der Waals surface area contributed by atoms with E-state index in [9.17, 15) is 4.79 Å². The summed E-state index contributed by atoms with van der Waals surface area (Å²) in [5.41, 5.74) is 1.59. The maximum absolute atomic E-state index is 12.4. The Morgan fingerprint density at radius 2 is 2.04 bits per heavy atom. The van der Waals surface area contributed by atoms with Crippen LogP contribution in [0.4, 0.5) is 11.4 Å². The minimum absolute atomic E-state index is 0.290. The summed E-state index contributed by atoms with van der Waals surface area (Å²) >= 11 is 0. The molecule has 0 saturated carbocycles. The Morgan fingerprint density at radius 3 is 2.69 bits per heavy atom. The fourth-order valence-electron chi connectivity index (χ4n) is 2.33. The van der Waals surface area contributed by atoms with E-state index in [1.165, 1.54) is 7.11 Å². The molecule has 0 saturated heterocycles. The molecule has 0 fully saturated rings. The number of rotatable bonds is 7. The van der Waals surface area contributed by atoms with Gasteiger partial charge >= 0.3 is 0 Å². The molecule has 0 aliphatic heterocycles. The van der Waals surface area contributed by atoms with Gasteiger partial charge in [-0.25, -0.2) is 4.98 Å². The summed E-state index contributed by atoms with van der Waals surface area (Å²) in [4.78, 5) is 16.6. The molecule has 0 radical (unpaired) electrons. The van der Waals surface area contributed by atoms with Crippen molar-refractivity contribution in [3.05, 3.63) is 66.4 Å². The lowest BCUT2D eigenvalue weighted by atomic mass is 10.2. The van der Waals surface area contributed by atoms with E-state index in [1.54, 1.807) is 49.9 Å². The average Bonchev–Trinajstić information content (AvgIpc) is 3.20. The van der Waals surface area contributed by atoms with E-state index in [1.807, 2.05) is 12.1 Å². The number of carbonyl (C=O) groups excluding carboxylic acids is 1. The van der Waals surface area contributed by atoms with Crippen molar-refractivity contribution in [2.75, 3.05) is 24.9 Å². The molecule has 0 aliphatic carbocycles. The number of pyridine rings is 1. The van der Waals surface area contributed by atoms with Gasteiger partial charge in [0.1, 0.15) is 23.0 Å². The molecule has 2 heterocycles. The Morgan fingerprint density at radius 1 is 1.15 bits per heavy atom. The summed E-state index contributed by atoms with van der Waals surface area (Å²) < 4.78 is 15.7. The third-order valence-electron chi connectivity index (χ3n) is 3.70. The van der Waals surface area contributed by atoms with Crippen molar-refractivity contribution in [3.8, 4) is 11.5 Å². The van der Waals surface area contributed by atoms with Gasteiger partial charge in [0.2, 0.25) is 0 Å². The Bertz CT molecular complexity index is 861. The molecule has 134 valence electrons. The number of benzene rings is 1. The van der Waals surface area contributed by atoms with Crippen LogP contribution >= 0.6 is 0 Å². The van der Waals surface area contributed by atoms with Gasteiger partial charge in [-0.05, 0) is 36.4 Å². The molecule has 1 amide bonds. The van der Waals surface area contributed by atoms with Gasteiger partial charge in [-0.15, -0.1) is 0 Å². The maximum atomic E-state index is 12.4. The van der Waals surface area contributed by atoms with Crippen LogP contribution in [0.3, 0.4) is 0 Å². The standard InChI is InChI=1S/C19H19N3O4/c1-24-14-6-8-18(25-2)17(10-14)22-19(23)16-7-5-13(11-21-16)20-12-15-4-3-9-26-15/h3-11,20H,12H2,1-2H3,(H,22,23). The van der Waals surface area contributed by atoms with E-state index in [-0.39, 0.29) is 5.91 Å². The Hall–Kier alpha value is -3.48. The van der Waals surface area contributed by atoms with Crippen LogP contribution in [0.2, 0.25) is 0 Å². The predicted molar refractivity (Wildman–Crippen MR) is 97.8 cm³/mol. The van der Waals surface area contributed by atoms with Crippen molar-refractivity contribution in [2.45, 2.75) is 6.54 Å². The second-order valence-corrected chi connectivity index (χ2v) is 5.39. The van der Waals surface area contributed by atoms with Crippen LogP contribution in [0.25, 0.3) is 0 Å². The van der Waals surface area contributed by atoms with E-state index < -0.39 is 0 Å². The van der Waals surface area contributed by atoms with Gasteiger partial charge in [0, 0.05) is 6.07 Å². The highest BCUT2D eigenvalue weighted by atomic mass is 16.5. The second-order valence-electron chi connectivity index (χ2n) is 5.39. The van der Waals surface area contributed by atoms with Gasteiger partial charge in [-0.3, -0.25) is 4.79 Å². The zero-order valence-electron chi connectivity index (χ0n) is 14.5. The summed E-state index contributed by atoms with van der Waals surface area (Å²) in [5, 5.41) is 5.96. The zero-order chi connectivity index (χ0) is 18.4. The number of methoxy groups -OCH3 is 2. The van der Waals surface area contributed by atoms with Crippen LogP contribution in [-0.2, 0) is 6.54 Å². The summed E-state index contributed by atoms with van der Waals surface area (Å²) in [5.74, 6) is 1.63. The maximum Gasteiger partial charge on any atom is 0.274 e. The molecular weight excluding hydrogens is 334 g/mol. The number of aromatic nitrogens is 1. The molecule has 2 aromatic heterocycles. The van der Waals surface area contributed by atoms with Crippen molar-refractivity contribution in [1.29, 1.82) is 0 Å². The van der Waals surface area contributed by atoms with Crippen molar-refractivity contribution >= 4 is 17.3 Å². The fraction of sp³-hybridized carbons (Fsp3) is 0.158. The summed E-state index contributed by atoms with van der Waals surface area (Å²) in [6.45, 7) is 0.543. The SMILES string of the molecule is COc1ccc(OC)c(NC(=O)c2ccc(NCc3ccco3)cn2)c1. The van der Waals surface area contributed by atoms with Gasteiger partial charge in [-0.2, -0.15) is 0 Å².